The van der Waals surface area contributed by atoms with E-state index >= 15 is 0 Å². The van der Waals surface area contributed by atoms with Gasteiger partial charge in [0.1, 0.15) is 17.2 Å². The number of nitrogen functional groups attached to an aromatic ring is 1. The summed E-state index contributed by atoms with van der Waals surface area (Å²) >= 11 is 0. The molecule has 0 aliphatic carbocycles. The molecule has 0 radical (unpaired) electrons. The summed E-state index contributed by atoms with van der Waals surface area (Å²) in [4.78, 5) is 13.9. The average molecular weight is 392 g/mol. The molecule has 2 aromatic rings. The first-order valence-electron chi connectivity index (χ1n) is 9.37. The zero-order chi connectivity index (χ0) is 20.5. The summed E-state index contributed by atoms with van der Waals surface area (Å²) in [6.45, 7) is 7.46. The topological polar surface area (TPSA) is 73.4 Å². The average Bonchev–Trinajstić information content (AvgIpc) is 3.05. The maximum absolute atomic E-state index is 14.1. The minimum Gasteiger partial charge on any atom is -0.444 e. The largest absolute Gasteiger partial charge is 0.444 e. The quantitative estimate of drug-likeness (QED) is 0.800. The lowest BCUT2D eigenvalue weighted by molar-refractivity contribution is 0.0177. The third-order valence-electron chi connectivity index (χ3n) is 4.74. The van der Waals surface area contributed by atoms with Crippen molar-refractivity contribution in [1.82, 2.24) is 14.7 Å². The van der Waals surface area contributed by atoms with Gasteiger partial charge in [0.15, 0.2) is 0 Å². The zero-order valence-corrected chi connectivity index (χ0v) is 16.4. The number of aromatic nitrogens is 2. The van der Waals surface area contributed by atoms with Crippen LogP contribution in [0.15, 0.2) is 24.5 Å². The van der Waals surface area contributed by atoms with E-state index in [-0.39, 0.29) is 17.3 Å². The number of amides is 1. The summed E-state index contributed by atoms with van der Waals surface area (Å²) in [6.07, 6.45) is 4.60. The van der Waals surface area contributed by atoms with Crippen molar-refractivity contribution in [3.63, 3.8) is 0 Å². The van der Waals surface area contributed by atoms with Crippen molar-refractivity contribution in [2.75, 3.05) is 18.8 Å². The number of ether oxygens (including phenoxy) is 1. The van der Waals surface area contributed by atoms with Gasteiger partial charge in [-0.2, -0.15) is 5.10 Å². The smallest absolute Gasteiger partial charge is 0.410 e. The van der Waals surface area contributed by atoms with Gasteiger partial charge in [-0.05, 0) is 45.6 Å². The summed E-state index contributed by atoms with van der Waals surface area (Å²) in [5, 5.41) is 4.27. The standard InChI is InChI=1S/C20H26F2N4O2/c1-20(2,3)28-19(27)25-6-4-13(5-7-25)11-26-12-14(10-24-26)15-8-17(22)18(23)9-16(15)21/h8-10,12-13H,4-7,11,23H2,1-3H3. The maximum atomic E-state index is 14.1. The maximum Gasteiger partial charge on any atom is 0.410 e. The van der Waals surface area contributed by atoms with Crippen LogP contribution in [0.25, 0.3) is 11.1 Å². The molecule has 1 fully saturated rings. The first kappa shape index (κ1) is 20.1. The van der Waals surface area contributed by atoms with E-state index in [1.54, 1.807) is 15.8 Å². The van der Waals surface area contributed by atoms with Crippen LogP contribution in [0.5, 0.6) is 0 Å². The van der Waals surface area contributed by atoms with Gasteiger partial charge in [0.25, 0.3) is 0 Å². The Bertz CT molecular complexity index is 852. The number of nitrogens with zero attached hydrogens (tertiary/aromatic N) is 3. The number of carbonyl (C=O) groups is 1. The van der Waals surface area contributed by atoms with E-state index in [1.165, 1.54) is 6.20 Å². The summed E-state index contributed by atoms with van der Waals surface area (Å²) in [7, 11) is 0. The van der Waals surface area contributed by atoms with E-state index in [9.17, 15) is 13.6 Å². The molecule has 1 amide bonds. The molecule has 8 heteroatoms. The van der Waals surface area contributed by atoms with Crippen molar-refractivity contribution in [3.8, 4) is 11.1 Å². The molecular formula is C20H26F2N4O2. The Kier molecular flexibility index (Phi) is 5.58. The van der Waals surface area contributed by atoms with Crippen LogP contribution >= 0.6 is 0 Å². The van der Waals surface area contributed by atoms with E-state index in [2.05, 4.69) is 5.10 Å². The van der Waals surface area contributed by atoms with E-state index in [4.69, 9.17) is 10.5 Å². The molecule has 28 heavy (non-hydrogen) atoms. The van der Waals surface area contributed by atoms with Crippen molar-refractivity contribution in [2.24, 2.45) is 5.92 Å². The lowest BCUT2D eigenvalue weighted by Crippen LogP contribution is -2.42. The van der Waals surface area contributed by atoms with Gasteiger partial charge < -0.3 is 15.4 Å². The molecule has 0 saturated carbocycles. The van der Waals surface area contributed by atoms with E-state index in [1.807, 2.05) is 20.8 Å². The van der Waals surface area contributed by atoms with Crippen molar-refractivity contribution >= 4 is 11.8 Å². The van der Waals surface area contributed by atoms with Crippen molar-refractivity contribution in [2.45, 2.75) is 45.8 Å². The van der Waals surface area contributed by atoms with Crippen LogP contribution in [-0.2, 0) is 11.3 Å². The van der Waals surface area contributed by atoms with Gasteiger partial charge in [-0.25, -0.2) is 13.6 Å². The second-order valence-corrected chi connectivity index (χ2v) is 8.22. The Labute approximate surface area is 163 Å². The van der Waals surface area contributed by atoms with Crippen LogP contribution < -0.4 is 5.73 Å². The first-order valence-corrected chi connectivity index (χ1v) is 9.37. The first-order chi connectivity index (χ1) is 13.1. The van der Waals surface area contributed by atoms with Crippen molar-refractivity contribution in [1.29, 1.82) is 0 Å². The van der Waals surface area contributed by atoms with Crippen LogP contribution in [0.3, 0.4) is 0 Å². The van der Waals surface area contributed by atoms with Crippen LogP contribution in [-0.4, -0.2) is 39.5 Å². The molecule has 1 aromatic carbocycles. The molecule has 6 nitrogen and oxygen atoms in total. The van der Waals surface area contributed by atoms with Crippen LogP contribution in [0.4, 0.5) is 19.3 Å². The highest BCUT2D eigenvalue weighted by Gasteiger charge is 2.27. The predicted molar refractivity (Wildman–Crippen MR) is 103 cm³/mol. The fourth-order valence-electron chi connectivity index (χ4n) is 3.28. The Morgan fingerprint density at radius 2 is 1.93 bits per heavy atom. The van der Waals surface area contributed by atoms with Gasteiger partial charge in [-0.15, -0.1) is 0 Å². The number of carbonyl (C=O) groups excluding carboxylic acids is 1. The SMILES string of the molecule is CC(C)(C)OC(=O)N1CCC(Cn2cc(-c3cc(F)c(N)cc3F)cn2)CC1. The molecule has 0 spiro atoms. The van der Waals surface area contributed by atoms with Crippen LogP contribution in [0, 0.1) is 17.6 Å². The number of rotatable bonds is 3. The number of piperidine rings is 1. The van der Waals surface area contributed by atoms with Gasteiger partial charge in [0.2, 0.25) is 0 Å². The van der Waals surface area contributed by atoms with Crippen molar-refractivity contribution < 1.29 is 18.3 Å². The molecular weight excluding hydrogens is 366 g/mol. The lowest BCUT2D eigenvalue weighted by Gasteiger charge is -2.33. The number of hydrogen-bond acceptors (Lipinski definition) is 4. The minimum atomic E-state index is -0.654. The number of anilines is 1. The second kappa shape index (κ2) is 7.77. The van der Waals surface area contributed by atoms with Crippen LogP contribution in [0.2, 0.25) is 0 Å². The van der Waals surface area contributed by atoms with Gasteiger partial charge >= 0.3 is 6.09 Å². The summed E-state index contributed by atoms with van der Waals surface area (Å²) in [5.41, 5.74) is 5.31. The lowest BCUT2D eigenvalue weighted by atomic mass is 9.97. The minimum absolute atomic E-state index is 0.137. The molecule has 1 aliphatic heterocycles. The molecule has 0 atom stereocenters. The highest BCUT2D eigenvalue weighted by Crippen LogP contribution is 2.27. The van der Waals surface area contributed by atoms with Crippen molar-refractivity contribution in [3.05, 3.63) is 36.2 Å². The predicted octanol–water partition coefficient (Wildman–Crippen LogP) is 4.06. The van der Waals surface area contributed by atoms with E-state index in [0.29, 0.717) is 31.1 Å². The Hall–Kier alpha value is -2.64. The Morgan fingerprint density at radius 1 is 1.25 bits per heavy atom. The molecule has 1 aromatic heterocycles. The second-order valence-electron chi connectivity index (χ2n) is 8.22. The number of hydrogen-bond donors (Lipinski definition) is 1. The number of halogens is 2. The zero-order valence-electron chi connectivity index (χ0n) is 16.4. The molecule has 1 aliphatic rings. The number of benzene rings is 1. The summed E-state index contributed by atoms with van der Waals surface area (Å²) < 4.78 is 34.9. The van der Waals surface area contributed by atoms with Gasteiger partial charge in [-0.1, -0.05) is 0 Å². The van der Waals surface area contributed by atoms with E-state index in [0.717, 1.165) is 25.0 Å². The molecule has 2 heterocycles. The molecule has 1 saturated heterocycles. The van der Waals surface area contributed by atoms with Gasteiger partial charge in [-0.3, -0.25) is 4.68 Å². The third kappa shape index (κ3) is 4.79. The van der Waals surface area contributed by atoms with E-state index < -0.39 is 17.2 Å². The normalized spacial score (nSPS) is 15.7. The summed E-state index contributed by atoms with van der Waals surface area (Å²) in [6, 6.07) is 2.07. The fourth-order valence-corrected chi connectivity index (χ4v) is 3.28. The van der Waals surface area contributed by atoms with Crippen LogP contribution in [0.1, 0.15) is 33.6 Å². The highest BCUT2D eigenvalue weighted by molar-refractivity contribution is 5.68. The fraction of sp³-hybridized carbons (Fsp3) is 0.500. The third-order valence-corrected chi connectivity index (χ3v) is 4.74. The number of likely N-dealkylation sites (tertiary alicyclic amines) is 1. The Morgan fingerprint density at radius 3 is 2.57 bits per heavy atom. The Balaban J connectivity index is 1.58. The number of nitrogens with two attached hydrogens (primary N) is 1. The monoisotopic (exact) mass is 392 g/mol. The molecule has 0 bridgehead atoms. The molecule has 0 unspecified atom stereocenters. The van der Waals surface area contributed by atoms with Gasteiger partial charge in [0.05, 0.1) is 11.9 Å². The molecule has 2 N–H and O–H groups in total. The summed E-state index contributed by atoms with van der Waals surface area (Å²) in [5.74, 6) is -0.887. The molecule has 3 rings (SSSR count). The molecule has 152 valence electrons. The highest BCUT2D eigenvalue weighted by atomic mass is 19.1. The van der Waals surface area contributed by atoms with Gasteiger partial charge in [0, 0.05) is 43.0 Å².